The first-order valence-corrected chi connectivity index (χ1v) is 6.83. The van der Waals surface area contributed by atoms with E-state index >= 15 is 0 Å². The molecule has 1 heterocycles. The first-order valence-electron chi connectivity index (χ1n) is 6.45. The monoisotopic (exact) mass is 283 g/mol. The first-order chi connectivity index (χ1) is 9.06. The van der Waals surface area contributed by atoms with Gasteiger partial charge in [0.05, 0.1) is 6.10 Å². The molecular weight excluding hydrogens is 266 g/mol. The topological polar surface area (TPSA) is 49.8 Å². The lowest BCUT2D eigenvalue weighted by Gasteiger charge is -2.32. The fourth-order valence-corrected chi connectivity index (χ4v) is 2.39. The van der Waals surface area contributed by atoms with Gasteiger partial charge in [0.15, 0.2) is 6.10 Å². The lowest BCUT2D eigenvalue weighted by atomic mass is 10.1. The van der Waals surface area contributed by atoms with Crippen LogP contribution < -0.4 is 4.74 Å². The molecule has 1 N–H and O–H groups in total. The summed E-state index contributed by atoms with van der Waals surface area (Å²) in [5, 5.41) is 10.2. The van der Waals surface area contributed by atoms with Gasteiger partial charge in [0.1, 0.15) is 5.75 Å². The van der Waals surface area contributed by atoms with Crippen molar-refractivity contribution in [1.82, 2.24) is 4.90 Å². The van der Waals surface area contributed by atoms with E-state index in [4.69, 9.17) is 16.3 Å². The lowest BCUT2D eigenvalue weighted by Crippen LogP contribution is -2.47. The predicted molar refractivity (Wildman–Crippen MR) is 73.4 cm³/mol. The van der Waals surface area contributed by atoms with Crippen LogP contribution >= 0.6 is 11.6 Å². The number of aliphatic hydroxyl groups excluding tert-OH is 1. The van der Waals surface area contributed by atoms with Crippen LogP contribution in [0.4, 0.5) is 0 Å². The highest BCUT2D eigenvalue weighted by Gasteiger charge is 2.26. The van der Waals surface area contributed by atoms with Crippen molar-refractivity contribution >= 4 is 17.5 Å². The molecule has 1 aromatic carbocycles. The number of hydrogen-bond acceptors (Lipinski definition) is 3. The van der Waals surface area contributed by atoms with Crippen molar-refractivity contribution in [3.63, 3.8) is 0 Å². The first kappa shape index (κ1) is 14.2. The SMILES string of the molecule is C[C@H](Oc1cccc(Cl)c1)C(=O)N1CCC[C@@H](O)C1. The van der Waals surface area contributed by atoms with Gasteiger partial charge in [-0.15, -0.1) is 0 Å². The molecule has 0 bridgehead atoms. The molecule has 0 saturated carbocycles. The molecule has 0 aliphatic carbocycles. The number of benzene rings is 1. The Bertz CT molecular complexity index is 452. The van der Waals surface area contributed by atoms with Crippen LogP contribution in [-0.2, 0) is 4.79 Å². The number of carbonyl (C=O) groups is 1. The minimum absolute atomic E-state index is 0.0984. The van der Waals surface area contributed by atoms with Gasteiger partial charge in [-0.05, 0) is 38.0 Å². The molecule has 2 rings (SSSR count). The minimum atomic E-state index is -0.580. The number of carbonyl (C=O) groups excluding carboxylic acids is 1. The molecule has 2 atom stereocenters. The van der Waals surface area contributed by atoms with Crippen molar-refractivity contribution in [3.05, 3.63) is 29.3 Å². The second-order valence-corrected chi connectivity index (χ2v) is 5.23. The largest absolute Gasteiger partial charge is 0.481 e. The third kappa shape index (κ3) is 3.85. The van der Waals surface area contributed by atoms with E-state index in [9.17, 15) is 9.90 Å². The predicted octanol–water partition coefficient (Wildman–Crippen LogP) is 2.09. The maximum absolute atomic E-state index is 12.2. The molecule has 1 aliphatic heterocycles. The average Bonchev–Trinajstić information content (AvgIpc) is 2.38. The van der Waals surface area contributed by atoms with Crippen LogP contribution in [-0.4, -0.2) is 41.2 Å². The molecule has 104 valence electrons. The van der Waals surface area contributed by atoms with E-state index in [2.05, 4.69) is 0 Å². The maximum Gasteiger partial charge on any atom is 0.263 e. The Labute approximate surface area is 117 Å². The van der Waals surface area contributed by atoms with Crippen LogP contribution in [0.5, 0.6) is 5.75 Å². The van der Waals surface area contributed by atoms with Gasteiger partial charge in [0, 0.05) is 18.1 Å². The zero-order valence-corrected chi connectivity index (χ0v) is 11.6. The number of aliphatic hydroxyl groups is 1. The van der Waals surface area contributed by atoms with Crippen LogP contribution in [0.2, 0.25) is 5.02 Å². The van der Waals surface area contributed by atoms with Crippen LogP contribution in [0, 0.1) is 0 Å². The van der Waals surface area contributed by atoms with E-state index in [1.54, 1.807) is 36.1 Å². The van der Waals surface area contributed by atoms with E-state index in [1.807, 2.05) is 0 Å². The van der Waals surface area contributed by atoms with Gasteiger partial charge in [0.25, 0.3) is 5.91 Å². The summed E-state index contributed by atoms with van der Waals surface area (Å²) < 4.78 is 5.59. The summed E-state index contributed by atoms with van der Waals surface area (Å²) >= 11 is 5.87. The highest BCUT2D eigenvalue weighted by molar-refractivity contribution is 6.30. The molecule has 1 amide bonds. The molecular formula is C14H18ClNO3. The number of rotatable bonds is 3. The van der Waals surface area contributed by atoms with Gasteiger partial charge in [-0.1, -0.05) is 17.7 Å². The van der Waals surface area contributed by atoms with Crippen molar-refractivity contribution in [2.24, 2.45) is 0 Å². The van der Waals surface area contributed by atoms with Crippen molar-refractivity contribution in [3.8, 4) is 5.75 Å². The van der Waals surface area contributed by atoms with E-state index in [1.165, 1.54) is 0 Å². The number of halogens is 1. The summed E-state index contributed by atoms with van der Waals surface area (Å²) in [6.45, 7) is 2.78. The fourth-order valence-electron chi connectivity index (χ4n) is 2.21. The summed E-state index contributed by atoms with van der Waals surface area (Å²) in [5.41, 5.74) is 0. The Morgan fingerprint density at radius 1 is 1.58 bits per heavy atom. The Morgan fingerprint density at radius 3 is 3.05 bits per heavy atom. The summed E-state index contributed by atoms with van der Waals surface area (Å²) in [7, 11) is 0. The summed E-state index contributed by atoms with van der Waals surface area (Å²) in [4.78, 5) is 13.8. The van der Waals surface area contributed by atoms with Crippen molar-refractivity contribution < 1.29 is 14.6 Å². The quantitative estimate of drug-likeness (QED) is 0.924. The van der Waals surface area contributed by atoms with Gasteiger partial charge in [-0.2, -0.15) is 0 Å². The number of piperidine rings is 1. The van der Waals surface area contributed by atoms with Gasteiger partial charge < -0.3 is 14.7 Å². The van der Waals surface area contributed by atoms with Gasteiger partial charge in [-0.25, -0.2) is 0 Å². The van der Waals surface area contributed by atoms with E-state index in [0.29, 0.717) is 23.9 Å². The number of likely N-dealkylation sites (tertiary alicyclic amines) is 1. The number of ether oxygens (including phenoxy) is 1. The zero-order valence-electron chi connectivity index (χ0n) is 10.9. The smallest absolute Gasteiger partial charge is 0.263 e. The van der Waals surface area contributed by atoms with Crippen LogP contribution in [0.25, 0.3) is 0 Å². The molecule has 5 heteroatoms. The minimum Gasteiger partial charge on any atom is -0.481 e. The number of hydrogen-bond donors (Lipinski definition) is 1. The molecule has 0 spiro atoms. The molecule has 4 nitrogen and oxygen atoms in total. The summed E-state index contributed by atoms with van der Waals surface area (Å²) in [6, 6.07) is 6.97. The third-order valence-electron chi connectivity index (χ3n) is 3.16. The maximum atomic E-state index is 12.2. The van der Waals surface area contributed by atoms with E-state index in [-0.39, 0.29) is 5.91 Å². The second kappa shape index (κ2) is 6.26. The third-order valence-corrected chi connectivity index (χ3v) is 3.40. The van der Waals surface area contributed by atoms with Gasteiger partial charge in [-0.3, -0.25) is 4.79 Å². The molecule has 0 unspecified atom stereocenters. The van der Waals surface area contributed by atoms with Gasteiger partial charge in [0.2, 0.25) is 0 Å². The Hall–Kier alpha value is -1.26. The fraction of sp³-hybridized carbons (Fsp3) is 0.500. The molecule has 1 fully saturated rings. The Balaban J connectivity index is 1.95. The van der Waals surface area contributed by atoms with Crippen molar-refractivity contribution in [1.29, 1.82) is 0 Å². The second-order valence-electron chi connectivity index (χ2n) is 4.80. The Kier molecular flexibility index (Phi) is 4.66. The number of amides is 1. The van der Waals surface area contributed by atoms with Crippen LogP contribution in [0.1, 0.15) is 19.8 Å². The normalized spacial score (nSPS) is 21.0. The van der Waals surface area contributed by atoms with Gasteiger partial charge >= 0.3 is 0 Å². The molecule has 0 aromatic heterocycles. The standard InChI is InChI=1S/C14H18ClNO3/c1-10(19-13-6-2-4-11(15)8-13)14(18)16-7-3-5-12(17)9-16/h2,4,6,8,10,12,17H,3,5,7,9H2,1H3/t10-,12+/m0/s1. The molecule has 1 aliphatic rings. The van der Waals surface area contributed by atoms with E-state index in [0.717, 1.165) is 12.8 Å². The van der Waals surface area contributed by atoms with Crippen LogP contribution in [0.15, 0.2) is 24.3 Å². The van der Waals surface area contributed by atoms with Crippen LogP contribution in [0.3, 0.4) is 0 Å². The summed E-state index contributed by atoms with van der Waals surface area (Å²) in [6.07, 6.45) is 0.587. The van der Waals surface area contributed by atoms with Crippen molar-refractivity contribution in [2.45, 2.75) is 32.0 Å². The highest BCUT2D eigenvalue weighted by Crippen LogP contribution is 2.19. The molecule has 1 saturated heterocycles. The molecule has 1 aromatic rings. The zero-order chi connectivity index (χ0) is 13.8. The number of β-amino-alcohol motifs (C(OH)–C–C–N with tert-alkyl or cyclic N) is 1. The number of nitrogens with zero attached hydrogens (tertiary/aromatic N) is 1. The highest BCUT2D eigenvalue weighted by atomic mass is 35.5. The van der Waals surface area contributed by atoms with Crippen molar-refractivity contribution in [2.75, 3.05) is 13.1 Å². The average molecular weight is 284 g/mol. The lowest BCUT2D eigenvalue weighted by molar-refractivity contribution is -0.141. The van der Waals surface area contributed by atoms with E-state index < -0.39 is 12.2 Å². The molecule has 19 heavy (non-hydrogen) atoms. The summed E-state index contributed by atoms with van der Waals surface area (Å²) in [5.74, 6) is 0.477. The Morgan fingerprint density at radius 2 is 2.37 bits per heavy atom. The molecule has 0 radical (unpaired) electrons.